The van der Waals surface area contributed by atoms with Crippen LogP contribution in [0.4, 0.5) is 0 Å². The Bertz CT molecular complexity index is 267. The van der Waals surface area contributed by atoms with Crippen LogP contribution in [0, 0.1) is 17.8 Å². The molecule has 0 aliphatic heterocycles. The third-order valence-corrected chi connectivity index (χ3v) is 3.04. The van der Waals surface area contributed by atoms with E-state index in [9.17, 15) is 4.79 Å². The van der Waals surface area contributed by atoms with Crippen molar-refractivity contribution in [1.29, 1.82) is 0 Å². The molecular formula is C12H19NO. The predicted molar refractivity (Wildman–Crippen MR) is 57.6 cm³/mol. The van der Waals surface area contributed by atoms with Gasteiger partial charge in [0.05, 0.1) is 5.54 Å². The summed E-state index contributed by atoms with van der Waals surface area (Å²) >= 11 is 0. The monoisotopic (exact) mass is 193 g/mol. The molecule has 0 unspecified atom stereocenters. The fourth-order valence-electron chi connectivity index (χ4n) is 1.85. The maximum absolute atomic E-state index is 11.9. The van der Waals surface area contributed by atoms with Crippen molar-refractivity contribution in [2.24, 2.45) is 5.41 Å². The Morgan fingerprint density at radius 1 is 1.43 bits per heavy atom. The zero-order chi connectivity index (χ0) is 10.8. The maximum Gasteiger partial charge on any atom is 0.227 e. The minimum absolute atomic E-state index is 0.109. The van der Waals surface area contributed by atoms with Crippen molar-refractivity contribution in [2.75, 3.05) is 0 Å². The van der Waals surface area contributed by atoms with E-state index in [0.29, 0.717) is 0 Å². The van der Waals surface area contributed by atoms with Gasteiger partial charge in [-0.15, -0.1) is 6.42 Å². The summed E-state index contributed by atoms with van der Waals surface area (Å²) in [5.74, 6) is 2.69. The number of nitrogens with one attached hydrogen (secondary N) is 1. The van der Waals surface area contributed by atoms with Crippen molar-refractivity contribution in [3.63, 3.8) is 0 Å². The first-order valence-corrected chi connectivity index (χ1v) is 5.20. The van der Waals surface area contributed by atoms with Crippen LogP contribution >= 0.6 is 0 Å². The molecule has 0 aromatic rings. The lowest BCUT2D eigenvalue weighted by atomic mass is 9.87. The molecule has 1 N–H and O–H groups in total. The molecule has 1 aliphatic rings. The molecule has 1 rings (SSSR count). The zero-order valence-corrected chi connectivity index (χ0v) is 9.31. The second kappa shape index (κ2) is 3.65. The van der Waals surface area contributed by atoms with Crippen molar-refractivity contribution in [1.82, 2.24) is 5.32 Å². The van der Waals surface area contributed by atoms with Crippen molar-refractivity contribution in [2.45, 2.75) is 52.0 Å². The van der Waals surface area contributed by atoms with Gasteiger partial charge in [-0.25, -0.2) is 0 Å². The lowest BCUT2D eigenvalue weighted by molar-refractivity contribution is -0.131. The molecule has 0 spiro atoms. The Hall–Kier alpha value is -0.970. The number of rotatable bonds is 2. The standard InChI is InChI=1S/C12H19NO/c1-5-11(2,3)13-10(14)12(4)8-6-7-9-12/h1H,6-9H2,2-4H3,(H,13,14). The predicted octanol–water partition coefficient (Wildman–Crippen LogP) is 2.09. The summed E-state index contributed by atoms with van der Waals surface area (Å²) in [5, 5.41) is 2.91. The van der Waals surface area contributed by atoms with E-state index in [2.05, 4.69) is 11.2 Å². The van der Waals surface area contributed by atoms with Gasteiger partial charge in [-0.2, -0.15) is 0 Å². The van der Waals surface area contributed by atoms with Gasteiger partial charge in [-0.1, -0.05) is 25.7 Å². The van der Waals surface area contributed by atoms with E-state index in [0.717, 1.165) is 25.7 Å². The molecule has 0 bridgehead atoms. The van der Waals surface area contributed by atoms with Crippen LogP contribution in [0.1, 0.15) is 46.5 Å². The Labute approximate surface area is 86.5 Å². The number of carbonyl (C=O) groups excluding carboxylic acids is 1. The van der Waals surface area contributed by atoms with Gasteiger partial charge < -0.3 is 5.32 Å². The highest BCUT2D eigenvalue weighted by molar-refractivity contribution is 5.83. The van der Waals surface area contributed by atoms with Crippen molar-refractivity contribution in [3.8, 4) is 12.3 Å². The molecule has 1 saturated carbocycles. The summed E-state index contributed by atoms with van der Waals surface area (Å²) in [5.41, 5.74) is -0.712. The van der Waals surface area contributed by atoms with Gasteiger partial charge in [0, 0.05) is 5.41 Å². The van der Waals surface area contributed by atoms with Gasteiger partial charge in [0.1, 0.15) is 0 Å². The van der Waals surface area contributed by atoms with E-state index in [-0.39, 0.29) is 11.3 Å². The first-order valence-electron chi connectivity index (χ1n) is 5.20. The Balaban J connectivity index is 2.63. The number of terminal acetylenes is 1. The smallest absolute Gasteiger partial charge is 0.227 e. The van der Waals surface area contributed by atoms with Crippen LogP contribution < -0.4 is 5.32 Å². The zero-order valence-electron chi connectivity index (χ0n) is 9.31. The third-order valence-electron chi connectivity index (χ3n) is 3.04. The molecule has 0 saturated heterocycles. The highest BCUT2D eigenvalue weighted by Gasteiger charge is 2.37. The van der Waals surface area contributed by atoms with Crippen LogP contribution in [0.25, 0.3) is 0 Å². The van der Waals surface area contributed by atoms with E-state index < -0.39 is 5.54 Å². The maximum atomic E-state index is 11.9. The fraction of sp³-hybridized carbons (Fsp3) is 0.750. The Morgan fingerprint density at radius 2 is 1.93 bits per heavy atom. The van der Waals surface area contributed by atoms with Crippen LogP contribution in [0.3, 0.4) is 0 Å². The van der Waals surface area contributed by atoms with Crippen molar-refractivity contribution >= 4 is 5.91 Å². The average Bonchev–Trinajstić information content (AvgIpc) is 2.53. The van der Waals surface area contributed by atoms with Crippen LogP contribution in [-0.4, -0.2) is 11.4 Å². The number of amides is 1. The highest BCUT2D eigenvalue weighted by Crippen LogP contribution is 2.37. The Morgan fingerprint density at radius 3 is 2.36 bits per heavy atom. The summed E-state index contributed by atoms with van der Waals surface area (Å²) in [6.45, 7) is 5.73. The fourth-order valence-corrected chi connectivity index (χ4v) is 1.85. The lowest BCUT2D eigenvalue weighted by Gasteiger charge is -2.28. The molecule has 2 nitrogen and oxygen atoms in total. The number of hydrogen-bond acceptors (Lipinski definition) is 1. The first kappa shape index (κ1) is 11.1. The molecular weight excluding hydrogens is 174 g/mol. The minimum Gasteiger partial charge on any atom is -0.340 e. The molecule has 0 aromatic carbocycles. The van der Waals surface area contributed by atoms with Gasteiger partial charge in [0.15, 0.2) is 0 Å². The lowest BCUT2D eigenvalue weighted by Crippen LogP contribution is -2.48. The second-order valence-electron chi connectivity index (χ2n) is 4.99. The summed E-state index contributed by atoms with van der Waals surface area (Å²) in [6.07, 6.45) is 9.61. The van der Waals surface area contributed by atoms with Crippen LogP contribution in [0.15, 0.2) is 0 Å². The van der Waals surface area contributed by atoms with E-state index in [1.54, 1.807) is 0 Å². The topological polar surface area (TPSA) is 29.1 Å². The normalized spacial score (nSPS) is 20.1. The molecule has 1 fully saturated rings. The molecule has 1 aliphatic carbocycles. The van der Waals surface area contributed by atoms with Gasteiger partial charge in [0.25, 0.3) is 0 Å². The van der Waals surface area contributed by atoms with Crippen molar-refractivity contribution in [3.05, 3.63) is 0 Å². The van der Waals surface area contributed by atoms with Crippen molar-refractivity contribution < 1.29 is 4.79 Å². The van der Waals surface area contributed by atoms with Gasteiger partial charge >= 0.3 is 0 Å². The number of carbonyl (C=O) groups is 1. The molecule has 14 heavy (non-hydrogen) atoms. The largest absolute Gasteiger partial charge is 0.340 e. The molecule has 0 aromatic heterocycles. The second-order valence-corrected chi connectivity index (χ2v) is 4.99. The minimum atomic E-state index is -0.525. The first-order chi connectivity index (χ1) is 6.40. The Kier molecular flexibility index (Phi) is 2.89. The molecule has 1 amide bonds. The number of hydrogen-bond donors (Lipinski definition) is 1. The highest BCUT2D eigenvalue weighted by atomic mass is 16.2. The molecule has 2 heteroatoms. The van der Waals surface area contributed by atoms with E-state index in [1.807, 2.05) is 20.8 Å². The van der Waals surface area contributed by atoms with Crippen LogP contribution in [0.2, 0.25) is 0 Å². The van der Waals surface area contributed by atoms with E-state index in [1.165, 1.54) is 0 Å². The summed E-state index contributed by atoms with van der Waals surface area (Å²) in [4.78, 5) is 11.9. The van der Waals surface area contributed by atoms with Gasteiger partial charge in [0.2, 0.25) is 5.91 Å². The summed E-state index contributed by atoms with van der Waals surface area (Å²) in [6, 6.07) is 0. The van der Waals surface area contributed by atoms with Gasteiger partial charge in [-0.3, -0.25) is 4.79 Å². The third kappa shape index (κ3) is 2.29. The molecule has 0 heterocycles. The summed E-state index contributed by atoms with van der Waals surface area (Å²) in [7, 11) is 0. The average molecular weight is 193 g/mol. The molecule has 78 valence electrons. The molecule has 0 atom stereocenters. The summed E-state index contributed by atoms with van der Waals surface area (Å²) < 4.78 is 0. The van der Waals surface area contributed by atoms with Crippen LogP contribution in [-0.2, 0) is 4.79 Å². The van der Waals surface area contributed by atoms with Gasteiger partial charge in [-0.05, 0) is 26.7 Å². The molecule has 0 radical (unpaired) electrons. The SMILES string of the molecule is C#CC(C)(C)NC(=O)C1(C)CCCC1. The van der Waals surface area contributed by atoms with E-state index in [4.69, 9.17) is 6.42 Å². The van der Waals surface area contributed by atoms with E-state index >= 15 is 0 Å². The van der Waals surface area contributed by atoms with Crippen LogP contribution in [0.5, 0.6) is 0 Å². The quantitative estimate of drug-likeness (QED) is 0.668.